The van der Waals surface area contributed by atoms with Gasteiger partial charge in [-0.15, -0.1) is 0 Å². The van der Waals surface area contributed by atoms with E-state index in [9.17, 15) is 32.3 Å². The van der Waals surface area contributed by atoms with Gasteiger partial charge in [-0.05, 0) is 35.9 Å². The Morgan fingerprint density at radius 1 is 0.941 bits per heavy atom. The first-order chi connectivity index (χ1) is 16.2. The van der Waals surface area contributed by atoms with Gasteiger partial charge < -0.3 is 5.11 Å². The van der Waals surface area contributed by atoms with Gasteiger partial charge in [0.25, 0.3) is 5.91 Å². The van der Waals surface area contributed by atoms with Crippen molar-refractivity contribution in [1.82, 2.24) is 0 Å². The molecule has 172 valence electrons. The summed E-state index contributed by atoms with van der Waals surface area (Å²) >= 11 is 0. The van der Waals surface area contributed by atoms with Crippen molar-refractivity contribution in [2.75, 3.05) is 4.90 Å². The number of allylic oxidation sites excluding steroid dienone is 1. The third kappa shape index (κ3) is 4.34. The van der Waals surface area contributed by atoms with Crippen LogP contribution in [0, 0.1) is 5.82 Å². The second kappa shape index (κ2) is 8.97. The number of anilines is 1. The van der Waals surface area contributed by atoms with Gasteiger partial charge >= 0.3 is 6.18 Å². The molecule has 0 bridgehead atoms. The van der Waals surface area contributed by atoms with Crippen molar-refractivity contribution < 1.29 is 32.3 Å². The summed E-state index contributed by atoms with van der Waals surface area (Å²) in [5, 5.41) is 10.6. The third-order valence-electron chi connectivity index (χ3n) is 5.35. The number of benzene rings is 3. The molecular formula is C26H17F4NO3. The fourth-order valence-electron chi connectivity index (χ4n) is 3.77. The highest BCUT2D eigenvalue weighted by atomic mass is 19.4. The molecule has 1 N–H and O–H groups in total. The monoisotopic (exact) mass is 467 g/mol. The molecule has 0 saturated carbocycles. The number of aliphatic hydroxyl groups is 1. The number of aliphatic hydroxyl groups excluding tert-OH is 1. The summed E-state index contributed by atoms with van der Waals surface area (Å²) in [6.07, 6.45) is -2.12. The normalized spacial score (nSPS) is 16.5. The quantitative estimate of drug-likeness (QED) is 0.368. The van der Waals surface area contributed by atoms with Crippen LogP contribution in [-0.4, -0.2) is 16.8 Å². The summed E-state index contributed by atoms with van der Waals surface area (Å²) in [4.78, 5) is 26.9. The molecule has 8 heteroatoms. The number of halogens is 4. The Bertz CT molecular complexity index is 1310. The van der Waals surface area contributed by atoms with E-state index in [1.807, 2.05) is 0 Å². The Kier molecular flexibility index (Phi) is 6.06. The van der Waals surface area contributed by atoms with Crippen molar-refractivity contribution in [2.45, 2.75) is 12.2 Å². The highest BCUT2D eigenvalue weighted by Gasteiger charge is 2.45. The predicted molar refractivity (Wildman–Crippen MR) is 118 cm³/mol. The van der Waals surface area contributed by atoms with Crippen molar-refractivity contribution in [3.63, 3.8) is 0 Å². The van der Waals surface area contributed by atoms with Gasteiger partial charge in [0.1, 0.15) is 5.82 Å². The van der Waals surface area contributed by atoms with Crippen LogP contribution < -0.4 is 4.90 Å². The highest BCUT2D eigenvalue weighted by Crippen LogP contribution is 2.43. The van der Waals surface area contributed by atoms with Crippen molar-refractivity contribution in [3.8, 4) is 0 Å². The zero-order valence-electron chi connectivity index (χ0n) is 17.5. The Morgan fingerprint density at radius 2 is 1.62 bits per heavy atom. The van der Waals surface area contributed by atoms with E-state index in [0.717, 1.165) is 29.2 Å². The molecule has 1 heterocycles. The fourth-order valence-corrected chi connectivity index (χ4v) is 3.77. The molecule has 3 aromatic rings. The molecule has 4 rings (SSSR count). The molecule has 0 fully saturated rings. The molecule has 4 nitrogen and oxygen atoms in total. The maximum atomic E-state index is 14.8. The van der Waals surface area contributed by atoms with Crippen LogP contribution in [0.1, 0.15) is 22.7 Å². The number of hydrogen-bond donors (Lipinski definition) is 1. The van der Waals surface area contributed by atoms with Crippen LogP contribution in [0.4, 0.5) is 23.2 Å². The summed E-state index contributed by atoms with van der Waals surface area (Å²) < 4.78 is 54.7. The number of carbonyl (C=O) groups excluding carboxylic acids is 2. The molecule has 1 aliphatic rings. The topological polar surface area (TPSA) is 57.6 Å². The van der Waals surface area contributed by atoms with Crippen molar-refractivity contribution >= 4 is 23.5 Å². The zero-order chi connectivity index (χ0) is 24.5. The number of carbonyl (C=O) groups is 2. The molecule has 0 unspecified atom stereocenters. The Hall–Kier alpha value is -4.20. The van der Waals surface area contributed by atoms with E-state index >= 15 is 0 Å². The van der Waals surface area contributed by atoms with Crippen LogP contribution in [0.15, 0.2) is 96.3 Å². The average molecular weight is 467 g/mol. The SMILES string of the molecule is O=C(/C=C/c1ccccc1)C1=C(O)C(=O)N(c2cccc(C(F)(F)F)c2)[C@@H]1c1ccccc1F. The second-order valence-electron chi connectivity index (χ2n) is 7.52. The van der Waals surface area contributed by atoms with Gasteiger partial charge in [0.2, 0.25) is 0 Å². The molecule has 34 heavy (non-hydrogen) atoms. The van der Waals surface area contributed by atoms with Gasteiger partial charge in [0, 0.05) is 11.3 Å². The minimum absolute atomic E-state index is 0.145. The van der Waals surface area contributed by atoms with E-state index in [1.54, 1.807) is 30.3 Å². The molecule has 0 spiro atoms. The van der Waals surface area contributed by atoms with Crippen LogP contribution in [-0.2, 0) is 15.8 Å². The first-order valence-electron chi connectivity index (χ1n) is 10.1. The number of alkyl halides is 3. The lowest BCUT2D eigenvalue weighted by molar-refractivity contribution is -0.137. The first-order valence-corrected chi connectivity index (χ1v) is 10.1. The summed E-state index contributed by atoms with van der Waals surface area (Å²) in [6, 6.07) is 16.4. The minimum Gasteiger partial charge on any atom is -0.503 e. The number of hydrogen-bond acceptors (Lipinski definition) is 3. The van der Waals surface area contributed by atoms with Gasteiger partial charge in [-0.2, -0.15) is 13.2 Å². The predicted octanol–water partition coefficient (Wildman–Crippen LogP) is 6.03. The standard InChI is InChI=1S/C26H17F4NO3/c27-20-12-5-4-11-19(20)23-22(21(32)14-13-16-7-2-1-3-8-16)24(33)25(34)31(23)18-10-6-9-17(15-18)26(28,29)30/h1-15,23,33H/b14-13+/t23-/m1/s1. The van der Waals surface area contributed by atoms with Crippen LogP contribution in [0.5, 0.6) is 0 Å². The minimum atomic E-state index is -4.70. The molecule has 1 amide bonds. The van der Waals surface area contributed by atoms with Crippen molar-refractivity contribution in [2.24, 2.45) is 0 Å². The number of ketones is 1. The van der Waals surface area contributed by atoms with E-state index in [-0.39, 0.29) is 11.3 Å². The lowest BCUT2D eigenvalue weighted by Crippen LogP contribution is -2.31. The van der Waals surface area contributed by atoms with Gasteiger partial charge in [-0.1, -0.05) is 60.7 Å². The molecular weight excluding hydrogens is 450 g/mol. The van der Waals surface area contributed by atoms with Gasteiger partial charge in [-0.3, -0.25) is 14.5 Å². The Labute approximate surface area is 192 Å². The summed E-state index contributed by atoms with van der Waals surface area (Å²) in [6.45, 7) is 0. The fraction of sp³-hybridized carbons (Fsp3) is 0.0769. The summed E-state index contributed by atoms with van der Waals surface area (Å²) in [5.74, 6) is -3.63. The molecule has 0 radical (unpaired) electrons. The maximum absolute atomic E-state index is 14.8. The van der Waals surface area contributed by atoms with Crippen LogP contribution >= 0.6 is 0 Å². The molecule has 1 atom stereocenters. The zero-order valence-corrected chi connectivity index (χ0v) is 17.5. The lowest BCUT2D eigenvalue weighted by Gasteiger charge is -2.27. The Morgan fingerprint density at radius 3 is 2.29 bits per heavy atom. The van der Waals surface area contributed by atoms with E-state index in [0.29, 0.717) is 11.6 Å². The van der Waals surface area contributed by atoms with E-state index < -0.39 is 46.6 Å². The van der Waals surface area contributed by atoms with E-state index in [2.05, 4.69) is 0 Å². The van der Waals surface area contributed by atoms with Gasteiger partial charge in [0.15, 0.2) is 11.5 Å². The van der Waals surface area contributed by atoms with Crippen LogP contribution in [0.3, 0.4) is 0 Å². The van der Waals surface area contributed by atoms with Gasteiger partial charge in [-0.25, -0.2) is 4.39 Å². The molecule has 0 aliphatic carbocycles. The van der Waals surface area contributed by atoms with Crippen molar-refractivity contribution in [3.05, 3.63) is 119 Å². The third-order valence-corrected chi connectivity index (χ3v) is 5.35. The molecule has 1 aliphatic heterocycles. The number of rotatable bonds is 5. The summed E-state index contributed by atoms with van der Waals surface area (Å²) in [5.41, 5.74) is -1.19. The van der Waals surface area contributed by atoms with E-state index in [4.69, 9.17) is 0 Å². The van der Waals surface area contributed by atoms with Crippen LogP contribution in [0.25, 0.3) is 6.08 Å². The lowest BCUT2D eigenvalue weighted by atomic mass is 9.94. The smallest absolute Gasteiger partial charge is 0.416 e. The number of amides is 1. The van der Waals surface area contributed by atoms with Crippen LogP contribution in [0.2, 0.25) is 0 Å². The maximum Gasteiger partial charge on any atom is 0.416 e. The summed E-state index contributed by atoms with van der Waals surface area (Å²) in [7, 11) is 0. The average Bonchev–Trinajstić information content (AvgIpc) is 3.08. The van der Waals surface area contributed by atoms with E-state index in [1.165, 1.54) is 30.3 Å². The first kappa shape index (κ1) is 23.0. The van der Waals surface area contributed by atoms with Gasteiger partial charge in [0.05, 0.1) is 17.2 Å². The van der Waals surface area contributed by atoms with Crippen molar-refractivity contribution in [1.29, 1.82) is 0 Å². The second-order valence-corrected chi connectivity index (χ2v) is 7.52. The molecule has 0 saturated heterocycles. The molecule has 0 aromatic heterocycles. The Balaban J connectivity index is 1.83. The largest absolute Gasteiger partial charge is 0.503 e. The number of nitrogens with zero attached hydrogens (tertiary/aromatic N) is 1. The molecule has 3 aromatic carbocycles. The highest BCUT2D eigenvalue weighted by molar-refractivity contribution is 6.19.